The van der Waals surface area contributed by atoms with Crippen LogP contribution in [-0.4, -0.2) is 48.0 Å². The molecule has 0 unspecified atom stereocenters. The van der Waals surface area contributed by atoms with Crippen LogP contribution < -0.4 is 4.74 Å². The van der Waals surface area contributed by atoms with E-state index in [1.165, 1.54) is 61.8 Å². The van der Waals surface area contributed by atoms with Gasteiger partial charge >= 0.3 is 0 Å². The fourth-order valence-electron chi connectivity index (χ4n) is 6.18. The van der Waals surface area contributed by atoms with Crippen LogP contribution in [0.25, 0.3) is 0 Å². The highest BCUT2D eigenvalue weighted by molar-refractivity contribution is 5.94. The lowest BCUT2D eigenvalue weighted by atomic mass is 9.80. The summed E-state index contributed by atoms with van der Waals surface area (Å²) >= 11 is 0. The molecule has 0 radical (unpaired) electrons. The monoisotopic (exact) mass is 444 g/mol. The molecule has 1 atom stereocenters. The third-order valence-electron chi connectivity index (χ3n) is 8.54. The topological polar surface area (TPSA) is 32.8 Å². The van der Waals surface area contributed by atoms with Crippen molar-refractivity contribution in [2.75, 3.05) is 20.2 Å². The molecule has 3 aliphatic carbocycles. The van der Waals surface area contributed by atoms with Gasteiger partial charge in [0.05, 0.1) is 6.61 Å². The zero-order chi connectivity index (χ0) is 22.4. The normalized spacial score (nSPS) is 26.3. The third kappa shape index (κ3) is 4.55. The maximum Gasteiger partial charge on any atom is 0.253 e. The second kappa shape index (κ2) is 8.79. The zero-order valence-electron chi connectivity index (χ0n) is 19.8. The maximum absolute atomic E-state index is 13.2. The van der Waals surface area contributed by atoms with Crippen LogP contribution in [-0.2, 0) is 19.4 Å². The molecule has 2 bridgehead atoms. The van der Waals surface area contributed by atoms with E-state index in [0.717, 1.165) is 55.2 Å². The molecule has 1 amide bonds. The number of fused-ring (bicyclic) bond motifs is 4. The maximum atomic E-state index is 13.2. The number of hydrogen-bond donors (Lipinski definition) is 0. The van der Waals surface area contributed by atoms with Crippen LogP contribution in [0.3, 0.4) is 0 Å². The van der Waals surface area contributed by atoms with Gasteiger partial charge in [-0.15, -0.1) is 0 Å². The second-order valence-corrected chi connectivity index (χ2v) is 11.0. The molecule has 0 spiro atoms. The lowest BCUT2D eigenvalue weighted by Gasteiger charge is -2.45. The molecular formula is C29H36N2O2. The molecule has 2 saturated carbocycles. The number of hydrogen-bond acceptors (Lipinski definition) is 3. The van der Waals surface area contributed by atoms with Crippen molar-refractivity contribution in [2.45, 2.75) is 70.0 Å². The number of ether oxygens (including phenoxy) is 1. The quantitative estimate of drug-likeness (QED) is 0.596. The molecular weight excluding hydrogens is 408 g/mol. The second-order valence-electron chi connectivity index (χ2n) is 11.0. The van der Waals surface area contributed by atoms with Gasteiger partial charge in [-0.05, 0) is 104 Å². The average molecular weight is 445 g/mol. The van der Waals surface area contributed by atoms with Crippen LogP contribution in [0.5, 0.6) is 5.75 Å². The van der Waals surface area contributed by atoms with Gasteiger partial charge in [-0.1, -0.05) is 18.2 Å². The summed E-state index contributed by atoms with van der Waals surface area (Å²) in [5.74, 6) is 2.62. The number of likely N-dealkylation sites (N-methyl/N-ethyl adjacent to an activating group) is 1. The van der Waals surface area contributed by atoms with Crippen molar-refractivity contribution in [2.24, 2.45) is 11.8 Å². The van der Waals surface area contributed by atoms with Gasteiger partial charge in [0.15, 0.2) is 0 Å². The summed E-state index contributed by atoms with van der Waals surface area (Å²) in [4.78, 5) is 17.8. The van der Waals surface area contributed by atoms with E-state index in [1.807, 2.05) is 36.2 Å². The van der Waals surface area contributed by atoms with Gasteiger partial charge in [-0.2, -0.15) is 0 Å². The molecule has 2 aromatic rings. The molecule has 4 fully saturated rings. The van der Waals surface area contributed by atoms with Gasteiger partial charge in [0, 0.05) is 37.8 Å². The van der Waals surface area contributed by atoms with Gasteiger partial charge in [-0.3, -0.25) is 9.69 Å². The van der Waals surface area contributed by atoms with E-state index < -0.39 is 0 Å². The van der Waals surface area contributed by atoms with Crippen molar-refractivity contribution in [1.29, 1.82) is 0 Å². The van der Waals surface area contributed by atoms with Crippen molar-refractivity contribution in [3.05, 3.63) is 64.7 Å². The van der Waals surface area contributed by atoms with Gasteiger partial charge in [0.1, 0.15) is 5.75 Å². The Balaban J connectivity index is 1.07. The van der Waals surface area contributed by atoms with E-state index in [9.17, 15) is 4.79 Å². The lowest BCUT2D eigenvalue weighted by molar-refractivity contribution is 0.0426. The Kier molecular flexibility index (Phi) is 5.65. The number of carbonyl (C=O) groups excluding carboxylic acids is 1. The first kappa shape index (κ1) is 21.2. The highest BCUT2D eigenvalue weighted by Crippen LogP contribution is 2.36. The molecule has 2 aliphatic heterocycles. The van der Waals surface area contributed by atoms with Crippen LogP contribution in [0.15, 0.2) is 42.5 Å². The van der Waals surface area contributed by atoms with Gasteiger partial charge in [0.25, 0.3) is 5.91 Å². The van der Waals surface area contributed by atoms with Gasteiger partial charge < -0.3 is 9.64 Å². The fraction of sp³-hybridized carbons (Fsp3) is 0.552. The zero-order valence-corrected chi connectivity index (χ0v) is 19.8. The van der Waals surface area contributed by atoms with Gasteiger partial charge in [-0.25, -0.2) is 0 Å². The molecule has 2 aromatic carbocycles. The minimum Gasteiger partial charge on any atom is -0.493 e. The third-order valence-corrected chi connectivity index (χ3v) is 8.54. The summed E-state index contributed by atoms with van der Waals surface area (Å²) in [5, 5.41) is 0. The van der Waals surface area contributed by atoms with Crippen LogP contribution in [0, 0.1) is 11.8 Å². The molecule has 5 aliphatic rings. The summed E-state index contributed by atoms with van der Waals surface area (Å²) in [5.41, 5.74) is 5.03. The van der Waals surface area contributed by atoms with Crippen molar-refractivity contribution >= 4 is 5.91 Å². The Labute approximate surface area is 197 Å². The van der Waals surface area contributed by atoms with Crippen LogP contribution in [0.4, 0.5) is 0 Å². The fourth-order valence-corrected chi connectivity index (χ4v) is 6.18. The van der Waals surface area contributed by atoms with E-state index in [0.29, 0.717) is 0 Å². The highest BCUT2D eigenvalue weighted by Gasteiger charge is 2.34. The molecule has 174 valence electrons. The number of carbonyl (C=O) groups is 1. The predicted molar refractivity (Wildman–Crippen MR) is 131 cm³/mol. The Morgan fingerprint density at radius 2 is 1.73 bits per heavy atom. The molecule has 4 nitrogen and oxygen atoms in total. The number of piperidine rings is 2. The molecule has 0 N–H and O–H groups in total. The minimum atomic E-state index is 0.103. The molecule has 2 heterocycles. The van der Waals surface area contributed by atoms with Crippen molar-refractivity contribution < 1.29 is 9.53 Å². The summed E-state index contributed by atoms with van der Waals surface area (Å²) < 4.78 is 5.82. The van der Waals surface area contributed by atoms with Crippen LogP contribution in [0.1, 0.15) is 65.6 Å². The summed E-state index contributed by atoms with van der Waals surface area (Å²) in [7, 11) is 1.96. The van der Waals surface area contributed by atoms with Crippen LogP contribution >= 0.6 is 0 Å². The van der Waals surface area contributed by atoms with Crippen LogP contribution in [0.2, 0.25) is 0 Å². The van der Waals surface area contributed by atoms with Crippen molar-refractivity contribution in [3.63, 3.8) is 0 Å². The molecule has 2 saturated heterocycles. The van der Waals surface area contributed by atoms with Crippen molar-refractivity contribution in [3.8, 4) is 5.75 Å². The first-order chi connectivity index (χ1) is 16.1. The number of amides is 1. The standard InChI is InChI=1S/C29H36N2O2/c1-30(29(32)23-8-12-28(13-9-23)33-19-21-2-3-21)27-15-24-7-4-22(14-25(24)16-27)18-31-17-20-5-10-26(31)11-6-20/h4,7-9,12-14,20-21,26-27H,2-3,5-6,10-11,15-19H2,1H3/t20?,26?,27-/m1/s1. The van der Waals surface area contributed by atoms with E-state index in [1.54, 1.807) is 0 Å². The Morgan fingerprint density at radius 1 is 0.970 bits per heavy atom. The summed E-state index contributed by atoms with van der Waals surface area (Å²) in [6.45, 7) is 3.17. The number of benzene rings is 2. The predicted octanol–water partition coefficient (Wildman–Crippen LogP) is 5.09. The Bertz CT molecular complexity index is 1000. The first-order valence-electron chi connectivity index (χ1n) is 13.0. The molecule has 33 heavy (non-hydrogen) atoms. The Hall–Kier alpha value is -2.33. The summed E-state index contributed by atoms with van der Waals surface area (Å²) in [6, 6.07) is 15.8. The smallest absolute Gasteiger partial charge is 0.253 e. The Morgan fingerprint density at radius 3 is 2.42 bits per heavy atom. The lowest BCUT2D eigenvalue weighted by Crippen LogP contribution is -2.47. The van der Waals surface area contributed by atoms with E-state index in [4.69, 9.17) is 4.74 Å². The molecule has 7 rings (SSSR count). The van der Waals surface area contributed by atoms with E-state index in [-0.39, 0.29) is 11.9 Å². The first-order valence-corrected chi connectivity index (χ1v) is 13.0. The molecule has 4 heteroatoms. The van der Waals surface area contributed by atoms with Crippen molar-refractivity contribution in [1.82, 2.24) is 9.80 Å². The minimum absolute atomic E-state index is 0.103. The van der Waals surface area contributed by atoms with E-state index >= 15 is 0 Å². The van der Waals surface area contributed by atoms with E-state index in [2.05, 4.69) is 23.1 Å². The average Bonchev–Trinajstić information content (AvgIpc) is 3.59. The van der Waals surface area contributed by atoms with Gasteiger partial charge in [0.2, 0.25) is 0 Å². The summed E-state index contributed by atoms with van der Waals surface area (Å²) in [6.07, 6.45) is 10.1. The number of rotatable bonds is 7. The number of nitrogens with zero attached hydrogens (tertiary/aromatic N) is 2. The molecule has 0 aromatic heterocycles. The SMILES string of the molecule is CN(C(=O)c1ccc(OCC2CC2)cc1)[C@@H]1Cc2ccc(CN3CC4CCC3CC4)cc2C1. The highest BCUT2D eigenvalue weighted by atomic mass is 16.5. The largest absolute Gasteiger partial charge is 0.493 e.